The Morgan fingerprint density at radius 2 is 1.84 bits per heavy atom. The molecule has 2 heterocycles. The van der Waals surface area contributed by atoms with Gasteiger partial charge in [-0.1, -0.05) is 42.5 Å². The van der Waals surface area contributed by atoms with Crippen molar-refractivity contribution in [1.29, 1.82) is 5.26 Å². The highest BCUT2D eigenvalue weighted by atomic mass is 32.1. The molecular weight excluding hydrogens is 418 g/mol. The van der Waals surface area contributed by atoms with E-state index in [9.17, 15) is 4.79 Å². The SMILES string of the molecule is N#Cc1ccc(CN2C(=O)COc3ccc(-c4csc(Cc5ccccc5)n4)cc32)cc1. The number of carbonyl (C=O) groups is 1. The summed E-state index contributed by atoms with van der Waals surface area (Å²) >= 11 is 1.63. The second-order valence-corrected chi connectivity index (χ2v) is 8.49. The second kappa shape index (κ2) is 8.66. The van der Waals surface area contributed by atoms with Gasteiger partial charge in [0.05, 0.1) is 34.6 Å². The van der Waals surface area contributed by atoms with Crippen LogP contribution in [0.15, 0.2) is 78.2 Å². The average molecular weight is 438 g/mol. The molecule has 1 aromatic heterocycles. The molecule has 0 unspecified atom stereocenters. The Morgan fingerprint density at radius 3 is 2.62 bits per heavy atom. The first-order valence-corrected chi connectivity index (χ1v) is 11.1. The summed E-state index contributed by atoms with van der Waals surface area (Å²) in [6.45, 7) is 0.432. The van der Waals surface area contributed by atoms with Crippen LogP contribution < -0.4 is 9.64 Å². The van der Waals surface area contributed by atoms with Crippen molar-refractivity contribution in [3.63, 3.8) is 0 Å². The number of hydrogen-bond acceptors (Lipinski definition) is 5. The number of ether oxygens (including phenoxy) is 1. The van der Waals surface area contributed by atoms with Crippen molar-refractivity contribution in [2.24, 2.45) is 0 Å². The molecule has 3 aromatic carbocycles. The third-order valence-electron chi connectivity index (χ3n) is 5.37. The highest BCUT2D eigenvalue weighted by Crippen LogP contribution is 2.37. The minimum absolute atomic E-state index is 0.0144. The maximum absolute atomic E-state index is 12.7. The maximum atomic E-state index is 12.7. The Morgan fingerprint density at radius 1 is 1.03 bits per heavy atom. The predicted molar refractivity (Wildman–Crippen MR) is 125 cm³/mol. The van der Waals surface area contributed by atoms with Crippen LogP contribution in [-0.4, -0.2) is 17.5 Å². The molecule has 156 valence electrons. The van der Waals surface area contributed by atoms with Crippen molar-refractivity contribution in [2.75, 3.05) is 11.5 Å². The minimum atomic E-state index is -0.0953. The number of nitriles is 1. The molecule has 0 fully saturated rings. The Bertz CT molecular complexity index is 1310. The van der Waals surface area contributed by atoms with E-state index in [1.807, 2.05) is 48.5 Å². The molecule has 4 aromatic rings. The standard InChI is InChI=1S/C26H19N3O2S/c27-14-19-6-8-20(9-7-19)15-29-23-13-21(10-11-24(23)31-16-26(29)30)22-17-32-25(28-22)12-18-4-2-1-3-5-18/h1-11,13,17H,12,15-16H2. The first kappa shape index (κ1) is 20.0. The Balaban J connectivity index is 1.42. The summed E-state index contributed by atoms with van der Waals surface area (Å²) in [6.07, 6.45) is 0.795. The molecule has 0 saturated carbocycles. The number of aromatic nitrogens is 1. The number of benzene rings is 3. The molecule has 0 bridgehead atoms. The number of rotatable bonds is 5. The number of thiazole rings is 1. The van der Waals surface area contributed by atoms with Crippen molar-refractivity contribution in [2.45, 2.75) is 13.0 Å². The van der Waals surface area contributed by atoms with E-state index in [0.29, 0.717) is 17.9 Å². The fourth-order valence-corrected chi connectivity index (χ4v) is 4.53. The summed E-state index contributed by atoms with van der Waals surface area (Å²) in [5.41, 5.74) is 5.35. The van der Waals surface area contributed by atoms with Crippen LogP contribution in [0, 0.1) is 11.3 Å². The molecule has 5 rings (SSSR count). The molecule has 6 heteroatoms. The van der Waals surface area contributed by atoms with Crippen molar-refractivity contribution < 1.29 is 9.53 Å². The monoisotopic (exact) mass is 437 g/mol. The van der Waals surface area contributed by atoms with E-state index < -0.39 is 0 Å². The van der Waals surface area contributed by atoms with Crippen LogP contribution in [0.1, 0.15) is 21.7 Å². The van der Waals surface area contributed by atoms with Crippen LogP contribution in [0.5, 0.6) is 5.75 Å². The van der Waals surface area contributed by atoms with Crippen LogP contribution in [-0.2, 0) is 17.8 Å². The van der Waals surface area contributed by atoms with E-state index in [2.05, 4.69) is 23.6 Å². The lowest BCUT2D eigenvalue weighted by molar-refractivity contribution is -0.121. The lowest BCUT2D eigenvalue weighted by Gasteiger charge is -2.30. The van der Waals surface area contributed by atoms with Gasteiger partial charge in [-0.05, 0) is 41.5 Å². The molecule has 32 heavy (non-hydrogen) atoms. The summed E-state index contributed by atoms with van der Waals surface area (Å²) in [5, 5.41) is 12.1. The smallest absolute Gasteiger partial charge is 0.265 e. The normalized spacial score (nSPS) is 12.7. The Hall–Kier alpha value is -3.95. The summed E-state index contributed by atoms with van der Waals surface area (Å²) in [5.74, 6) is 0.587. The molecule has 1 aliphatic rings. The van der Waals surface area contributed by atoms with Gasteiger partial charge in [0.15, 0.2) is 6.61 Å². The number of fused-ring (bicyclic) bond motifs is 1. The summed E-state index contributed by atoms with van der Waals surface area (Å²) in [6, 6.07) is 25.5. The molecule has 0 radical (unpaired) electrons. The maximum Gasteiger partial charge on any atom is 0.265 e. The summed E-state index contributed by atoms with van der Waals surface area (Å²) in [4.78, 5) is 19.2. The Labute approximate surface area is 190 Å². The molecule has 5 nitrogen and oxygen atoms in total. The number of anilines is 1. The van der Waals surface area contributed by atoms with Gasteiger partial charge in [-0.15, -0.1) is 11.3 Å². The molecule has 0 atom stereocenters. The van der Waals surface area contributed by atoms with Gasteiger partial charge in [0.25, 0.3) is 5.91 Å². The molecule has 1 aliphatic heterocycles. The molecule has 0 spiro atoms. The largest absolute Gasteiger partial charge is 0.482 e. The first-order valence-electron chi connectivity index (χ1n) is 10.2. The van der Waals surface area contributed by atoms with Crippen LogP contribution in [0.3, 0.4) is 0 Å². The number of hydrogen-bond donors (Lipinski definition) is 0. The van der Waals surface area contributed by atoms with Gasteiger partial charge in [-0.3, -0.25) is 4.79 Å². The van der Waals surface area contributed by atoms with Gasteiger partial charge in [0.2, 0.25) is 0 Å². The molecule has 0 N–H and O–H groups in total. The zero-order valence-electron chi connectivity index (χ0n) is 17.2. The van der Waals surface area contributed by atoms with Crippen molar-refractivity contribution in [3.05, 3.63) is 99.9 Å². The number of nitrogens with zero attached hydrogens (tertiary/aromatic N) is 3. The summed E-state index contributed by atoms with van der Waals surface area (Å²) < 4.78 is 5.66. The minimum Gasteiger partial charge on any atom is -0.482 e. The van der Waals surface area contributed by atoms with E-state index in [4.69, 9.17) is 15.0 Å². The van der Waals surface area contributed by atoms with Gasteiger partial charge in [-0.2, -0.15) is 5.26 Å². The van der Waals surface area contributed by atoms with Gasteiger partial charge >= 0.3 is 0 Å². The van der Waals surface area contributed by atoms with Crippen molar-refractivity contribution in [3.8, 4) is 23.1 Å². The average Bonchev–Trinajstić information content (AvgIpc) is 3.30. The fourth-order valence-electron chi connectivity index (χ4n) is 3.70. The topological polar surface area (TPSA) is 66.2 Å². The van der Waals surface area contributed by atoms with Gasteiger partial charge in [-0.25, -0.2) is 4.98 Å². The number of carbonyl (C=O) groups excluding carboxylic acids is 1. The first-order chi connectivity index (χ1) is 15.7. The van der Waals surface area contributed by atoms with Crippen LogP contribution in [0.25, 0.3) is 11.3 Å². The van der Waals surface area contributed by atoms with Crippen LogP contribution in [0.4, 0.5) is 5.69 Å². The quantitative estimate of drug-likeness (QED) is 0.431. The van der Waals surface area contributed by atoms with E-state index in [-0.39, 0.29) is 12.5 Å². The third-order valence-corrected chi connectivity index (χ3v) is 6.22. The van der Waals surface area contributed by atoms with Gasteiger partial charge in [0, 0.05) is 17.4 Å². The summed E-state index contributed by atoms with van der Waals surface area (Å²) in [7, 11) is 0. The van der Waals surface area contributed by atoms with Crippen molar-refractivity contribution in [1.82, 2.24) is 4.98 Å². The second-order valence-electron chi connectivity index (χ2n) is 7.55. The lowest BCUT2D eigenvalue weighted by Crippen LogP contribution is -2.38. The van der Waals surface area contributed by atoms with Crippen LogP contribution in [0.2, 0.25) is 0 Å². The highest BCUT2D eigenvalue weighted by molar-refractivity contribution is 7.10. The van der Waals surface area contributed by atoms with Gasteiger partial charge < -0.3 is 9.64 Å². The molecule has 0 saturated heterocycles. The molecule has 0 aliphatic carbocycles. The Kier molecular flexibility index (Phi) is 5.40. The van der Waals surface area contributed by atoms with Crippen molar-refractivity contribution >= 4 is 22.9 Å². The van der Waals surface area contributed by atoms with E-state index in [1.165, 1.54) is 5.56 Å². The third kappa shape index (κ3) is 4.11. The number of amides is 1. The zero-order valence-corrected chi connectivity index (χ0v) is 18.0. The molecule has 1 amide bonds. The lowest BCUT2D eigenvalue weighted by atomic mass is 10.1. The molecular formula is C26H19N3O2S. The highest BCUT2D eigenvalue weighted by Gasteiger charge is 2.26. The predicted octanol–water partition coefficient (Wildman–Crippen LogP) is 5.20. The zero-order chi connectivity index (χ0) is 21.9. The van der Waals surface area contributed by atoms with E-state index in [0.717, 1.165) is 33.9 Å². The van der Waals surface area contributed by atoms with E-state index in [1.54, 1.807) is 28.4 Å². The van der Waals surface area contributed by atoms with Crippen LogP contribution >= 0.6 is 11.3 Å². The van der Waals surface area contributed by atoms with E-state index >= 15 is 0 Å². The van der Waals surface area contributed by atoms with Gasteiger partial charge in [0.1, 0.15) is 5.75 Å². The fraction of sp³-hybridized carbons (Fsp3) is 0.115.